The van der Waals surface area contributed by atoms with E-state index in [1.54, 1.807) is 9.80 Å². The number of carbonyl (C=O) groups excluding carboxylic acids is 2. The number of alkyl halides is 1. The van der Waals surface area contributed by atoms with E-state index in [2.05, 4.69) is 5.32 Å². The normalized spacial score (nSPS) is 24.8. The summed E-state index contributed by atoms with van der Waals surface area (Å²) in [5.74, 6) is 0.0303. The van der Waals surface area contributed by atoms with Crippen LogP contribution in [0.3, 0.4) is 0 Å². The van der Waals surface area contributed by atoms with E-state index in [4.69, 9.17) is 0 Å². The molecule has 1 aliphatic heterocycles. The molecule has 2 fully saturated rings. The van der Waals surface area contributed by atoms with Crippen LogP contribution in [0, 0.1) is 6.92 Å². The van der Waals surface area contributed by atoms with Gasteiger partial charge in [0.15, 0.2) is 0 Å². The van der Waals surface area contributed by atoms with Crippen molar-refractivity contribution >= 4 is 23.3 Å². The Hall–Kier alpha value is -1.63. The SMILES string of the molecule is Cc1ccc(C(=O)N2CCN(C(=O)N[C@H]3CCC[C@H]3F)CC2)s1. The third kappa shape index (κ3) is 3.65. The monoisotopic (exact) mass is 339 g/mol. The minimum Gasteiger partial charge on any atom is -0.334 e. The molecule has 126 valence electrons. The van der Waals surface area contributed by atoms with Crippen molar-refractivity contribution in [1.82, 2.24) is 15.1 Å². The number of amides is 3. The maximum atomic E-state index is 13.6. The van der Waals surface area contributed by atoms with Crippen molar-refractivity contribution in [1.29, 1.82) is 0 Å². The molecule has 5 nitrogen and oxygen atoms in total. The molecule has 1 aromatic heterocycles. The van der Waals surface area contributed by atoms with Crippen LogP contribution in [0.1, 0.15) is 33.8 Å². The molecule has 1 aliphatic carbocycles. The Morgan fingerprint density at radius 3 is 2.43 bits per heavy atom. The van der Waals surface area contributed by atoms with Gasteiger partial charge in [-0.3, -0.25) is 4.79 Å². The lowest BCUT2D eigenvalue weighted by Gasteiger charge is -2.35. The lowest BCUT2D eigenvalue weighted by atomic mass is 10.2. The predicted octanol–water partition coefficient (Wildman–Crippen LogP) is 2.41. The molecule has 23 heavy (non-hydrogen) atoms. The van der Waals surface area contributed by atoms with Gasteiger partial charge in [-0.1, -0.05) is 0 Å². The number of thiophene rings is 1. The second-order valence-corrected chi connectivity index (χ2v) is 7.48. The van der Waals surface area contributed by atoms with E-state index in [0.29, 0.717) is 39.0 Å². The molecule has 0 aromatic carbocycles. The van der Waals surface area contributed by atoms with Gasteiger partial charge in [-0.25, -0.2) is 9.18 Å². The summed E-state index contributed by atoms with van der Waals surface area (Å²) in [5, 5.41) is 2.79. The lowest BCUT2D eigenvalue weighted by Crippen LogP contribution is -2.55. The van der Waals surface area contributed by atoms with Gasteiger partial charge < -0.3 is 15.1 Å². The number of hydrogen-bond acceptors (Lipinski definition) is 3. The van der Waals surface area contributed by atoms with E-state index in [9.17, 15) is 14.0 Å². The summed E-state index contributed by atoms with van der Waals surface area (Å²) in [6.45, 7) is 4.00. The summed E-state index contributed by atoms with van der Waals surface area (Å²) in [6, 6.07) is 3.23. The predicted molar refractivity (Wildman–Crippen MR) is 87.6 cm³/mol. The van der Waals surface area contributed by atoms with Crippen LogP contribution < -0.4 is 5.32 Å². The minimum absolute atomic E-state index is 0.0303. The minimum atomic E-state index is -0.927. The molecule has 0 radical (unpaired) electrons. The van der Waals surface area contributed by atoms with Gasteiger partial charge in [0.1, 0.15) is 6.17 Å². The van der Waals surface area contributed by atoms with Crippen molar-refractivity contribution in [3.05, 3.63) is 21.9 Å². The van der Waals surface area contributed by atoms with E-state index in [1.807, 2.05) is 19.1 Å². The molecule has 0 unspecified atom stereocenters. The van der Waals surface area contributed by atoms with Crippen LogP contribution in [-0.4, -0.2) is 60.1 Å². The quantitative estimate of drug-likeness (QED) is 0.900. The molecule has 1 saturated carbocycles. The first-order valence-electron chi connectivity index (χ1n) is 8.10. The number of halogens is 1. The standard InChI is InChI=1S/C16H22FN3O2S/c1-11-5-6-14(23-11)15(21)19-7-9-20(10-8-19)16(22)18-13-4-2-3-12(13)17/h5-6,12-13H,2-4,7-10H2,1H3,(H,18,22)/t12-,13+/m1/s1. The third-order valence-corrected chi connectivity index (χ3v) is 5.53. The van der Waals surface area contributed by atoms with Crippen LogP contribution in [0.4, 0.5) is 9.18 Å². The number of nitrogens with one attached hydrogen (secondary N) is 1. The second-order valence-electron chi connectivity index (χ2n) is 6.19. The summed E-state index contributed by atoms with van der Waals surface area (Å²) < 4.78 is 13.6. The number of urea groups is 1. The molecule has 0 spiro atoms. The molecule has 3 amide bonds. The highest BCUT2D eigenvalue weighted by molar-refractivity contribution is 7.13. The summed E-state index contributed by atoms with van der Waals surface area (Å²) >= 11 is 1.49. The zero-order chi connectivity index (χ0) is 16.4. The Kier molecular flexibility index (Phi) is 4.84. The first kappa shape index (κ1) is 16.2. The van der Waals surface area contributed by atoms with Crippen LogP contribution in [0.25, 0.3) is 0 Å². The first-order valence-corrected chi connectivity index (χ1v) is 8.91. The van der Waals surface area contributed by atoms with Gasteiger partial charge >= 0.3 is 6.03 Å². The average molecular weight is 339 g/mol. The van der Waals surface area contributed by atoms with Gasteiger partial charge in [0.05, 0.1) is 10.9 Å². The molecule has 1 N–H and O–H groups in total. The fourth-order valence-corrected chi connectivity index (χ4v) is 3.98. The summed E-state index contributed by atoms with van der Waals surface area (Å²) in [6.07, 6.45) is 1.15. The highest BCUT2D eigenvalue weighted by Gasteiger charge is 2.31. The van der Waals surface area contributed by atoms with E-state index in [-0.39, 0.29) is 18.0 Å². The van der Waals surface area contributed by atoms with Crippen molar-refractivity contribution in [2.24, 2.45) is 0 Å². The fraction of sp³-hybridized carbons (Fsp3) is 0.625. The maximum Gasteiger partial charge on any atom is 0.317 e. The fourth-order valence-electron chi connectivity index (χ4n) is 3.15. The van der Waals surface area contributed by atoms with Gasteiger partial charge in [-0.2, -0.15) is 0 Å². The van der Waals surface area contributed by atoms with E-state index in [1.165, 1.54) is 11.3 Å². The zero-order valence-corrected chi connectivity index (χ0v) is 14.1. The molecular formula is C16H22FN3O2S. The Morgan fingerprint density at radius 1 is 1.17 bits per heavy atom. The van der Waals surface area contributed by atoms with Gasteiger partial charge in [0.2, 0.25) is 0 Å². The Morgan fingerprint density at radius 2 is 1.87 bits per heavy atom. The van der Waals surface area contributed by atoms with Gasteiger partial charge in [-0.05, 0) is 38.3 Å². The highest BCUT2D eigenvalue weighted by atomic mass is 32.1. The molecule has 2 atom stereocenters. The van der Waals surface area contributed by atoms with Crippen LogP contribution in [-0.2, 0) is 0 Å². The molecule has 1 saturated heterocycles. The largest absolute Gasteiger partial charge is 0.334 e. The molecule has 2 aliphatic rings. The summed E-state index contributed by atoms with van der Waals surface area (Å²) in [5.41, 5.74) is 0. The molecule has 2 heterocycles. The summed E-state index contributed by atoms with van der Waals surface area (Å²) in [4.78, 5) is 29.9. The van der Waals surface area contributed by atoms with E-state index < -0.39 is 6.17 Å². The van der Waals surface area contributed by atoms with E-state index in [0.717, 1.165) is 16.2 Å². The Balaban J connectivity index is 1.50. The highest BCUT2D eigenvalue weighted by Crippen LogP contribution is 2.22. The van der Waals surface area contributed by atoms with Crippen LogP contribution >= 0.6 is 11.3 Å². The number of nitrogens with zero attached hydrogens (tertiary/aromatic N) is 2. The number of rotatable bonds is 2. The molecule has 3 rings (SSSR count). The number of carbonyl (C=O) groups is 2. The first-order chi connectivity index (χ1) is 11.0. The second kappa shape index (κ2) is 6.86. The van der Waals surface area contributed by atoms with Gasteiger partial charge in [0, 0.05) is 31.1 Å². The van der Waals surface area contributed by atoms with Gasteiger partial charge in [0.25, 0.3) is 5.91 Å². The van der Waals surface area contributed by atoms with Crippen molar-refractivity contribution in [3.8, 4) is 0 Å². The number of hydrogen-bond donors (Lipinski definition) is 1. The topological polar surface area (TPSA) is 52.7 Å². The van der Waals surface area contributed by atoms with Crippen molar-refractivity contribution in [2.75, 3.05) is 26.2 Å². The van der Waals surface area contributed by atoms with Crippen molar-refractivity contribution in [2.45, 2.75) is 38.4 Å². The zero-order valence-electron chi connectivity index (χ0n) is 13.3. The molecule has 1 aromatic rings. The number of aryl methyl sites for hydroxylation is 1. The summed E-state index contributed by atoms with van der Waals surface area (Å²) in [7, 11) is 0. The lowest BCUT2D eigenvalue weighted by molar-refractivity contribution is 0.0667. The molecular weight excluding hydrogens is 317 g/mol. The molecule has 0 bridgehead atoms. The van der Waals surface area contributed by atoms with Crippen molar-refractivity contribution in [3.63, 3.8) is 0 Å². The Bertz CT molecular complexity index is 584. The van der Waals surface area contributed by atoms with E-state index >= 15 is 0 Å². The average Bonchev–Trinajstić information content (AvgIpc) is 3.16. The van der Waals surface area contributed by atoms with Crippen LogP contribution in [0.5, 0.6) is 0 Å². The van der Waals surface area contributed by atoms with Crippen LogP contribution in [0.15, 0.2) is 12.1 Å². The smallest absolute Gasteiger partial charge is 0.317 e. The van der Waals surface area contributed by atoms with Crippen molar-refractivity contribution < 1.29 is 14.0 Å². The third-order valence-electron chi connectivity index (χ3n) is 4.55. The van der Waals surface area contributed by atoms with Gasteiger partial charge in [-0.15, -0.1) is 11.3 Å². The maximum absolute atomic E-state index is 13.6. The van der Waals surface area contributed by atoms with Crippen LogP contribution in [0.2, 0.25) is 0 Å². The molecule has 7 heteroatoms. The Labute approximate surface area is 139 Å². The number of piperazine rings is 1.